The molecule has 0 fully saturated rings. The molecule has 0 heterocycles. The summed E-state index contributed by atoms with van der Waals surface area (Å²) < 4.78 is 0. The molecule has 0 saturated heterocycles. The molecule has 0 rings (SSSR count). The minimum absolute atomic E-state index is 0. The van der Waals surface area contributed by atoms with Crippen LogP contribution in [0, 0.1) is 10.8 Å². The van der Waals surface area contributed by atoms with E-state index in [2.05, 4.69) is 21.2 Å². The van der Waals surface area contributed by atoms with Crippen LogP contribution in [-0.2, 0) is 0 Å². The molecule has 0 saturated carbocycles. The summed E-state index contributed by atoms with van der Waals surface area (Å²) in [5, 5.41) is 17.6. The summed E-state index contributed by atoms with van der Waals surface area (Å²) in [6.45, 7) is 0. The first-order valence-corrected chi connectivity index (χ1v) is 5.16. The highest BCUT2D eigenvalue weighted by Crippen LogP contribution is 2.03. The summed E-state index contributed by atoms with van der Waals surface area (Å²) in [5.41, 5.74) is 5.01. The maximum Gasteiger partial charge on any atom is 0.191 e. The highest BCUT2D eigenvalue weighted by molar-refractivity contribution is 9.09. The van der Waals surface area contributed by atoms with Gasteiger partial charge in [0.15, 0.2) is 11.1 Å². The number of alkyl halides is 1. The first-order chi connectivity index (χ1) is 5.16. The van der Waals surface area contributed by atoms with Gasteiger partial charge in [-0.15, -0.1) is 17.0 Å². The van der Waals surface area contributed by atoms with Crippen molar-refractivity contribution in [2.75, 3.05) is 11.1 Å². The second-order valence-corrected chi connectivity index (χ2v) is 3.66. The van der Waals surface area contributed by atoms with Gasteiger partial charge in [-0.05, 0) is 6.42 Å². The molecule has 0 aromatic heterocycles. The van der Waals surface area contributed by atoms with Crippen LogP contribution >= 0.6 is 44.7 Å². The Kier molecular flexibility index (Phi) is 11.5. The third-order valence-electron chi connectivity index (χ3n) is 0.773. The van der Waals surface area contributed by atoms with Gasteiger partial charge in [0.2, 0.25) is 0 Å². The van der Waals surface area contributed by atoms with E-state index < -0.39 is 0 Å². The molecule has 0 aliphatic rings. The second-order valence-electron chi connectivity index (χ2n) is 1.76. The summed E-state index contributed by atoms with van der Waals surface area (Å²) >= 11 is 4.63. The van der Waals surface area contributed by atoms with E-state index in [0.29, 0.717) is 0 Å². The molecule has 7 heteroatoms. The van der Waals surface area contributed by atoms with Crippen molar-refractivity contribution in [3.8, 4) is 0 Å². The van der Waals surface area contributed by atoms with Gasteiger partial charge < -0.3 is 11.1 Å². The summed E-state index contributed by atoms with van der Waals surface area (Å²) in [6, 6.07) is 0. The molecule has 0 bridgehead atoms. The Morgan fingerprint density at radius 1 is 1.50 bits per heavy atom. The van der Waals surface area contributed by atoms with Crippen molar-refractivity contribution in [1.82, 2.24) is 5.32 Å². The van der Waals surface area contributed by atoms with Gasteiger partial charge in [0.25, 0.3) is 0 Å². The van der Waals surface area contributed by atoms with Crippen LogP contribution in [0.1, 0.15) is 6.42 Å². The van der Waals surface area contributed by atoms with Gasteiger partial charge in [-0.25, -0.2) is 0 Å². The maximum atomic E-state index is 7.21. The van der Waals surface area contributed by atoms with Gasteiger partial charge >= 0.3 is 0 Å². The fourth-order valence-electron chi connectivity index (χ4n) is 0.387. The lowest BCUT2D eigenvalue weighted by molar-refractivity contribution is 1.14. The van der Waals surface area contributed by atoms with Gasteiger partial charge in [0.05, 0.1) is 0 Å². The van der Waals surface area contributed by atoms with Crippen LogP contribution in [0.4, 0.5) is 0 Å². The number of nitrogens with two attached hydrogens (primary N) is 1. The molecular formula is C5H12Br2N4S. The fourth-order valence-corrected chi connectivity index (χ4v) is 1.71. The topological polar surface area (TPSA) is 85.8 Å². The summed E-state index contributed by atoms with van der Waals surface area (Å²) in [4.78, 5) is 0. The van der Waals surface area contributed by atoms with Crippen LogP contribution in [0.5, 0.6) is 0 Å². The monoisotopic (exact) mass is 318 g/mol. The third kappa shape index (κ3) is 10.2. The Hall–Kier alpha value is 0.250. The third-order valence-corrected chi connectivity index (χ3v) is 2.22. The smallest absolute Gasteiger partial charge is 0.191 e. The molecular weight excluding hydrogens is 308 g/mol. The van der Waals surface area contributed by atoms with Crippen molar-refractivity contribution in [1.29, 1.82) is 10.8 Å². The largest absolute Gasteiger partial charge is 0.370 e. The quantitative estimate of drug-likeness (QED) is 0.275. The summed E-state index contributed by atoms with van der Waals surface area (Å²) in [6.07, 6.45) is 1.01. The Labute approximate surface area is 95.0 Å². The Balaban J connectivity index is 0. The molecule has 4 nitrogen and oxygen atoms in total. The fraction of sp³-hybridized carbons (Fsp3) is 0.600. The van der Waals surface area contributed by atoms with E-state index in [1.807, 2.05) is 0 Å². The molecule has 72 valence electrons. The van der Waals surface area contributed by atoms with Crippen molar-refractivity contribution in [2.24, 2.45) is 5.73 Å². The Bertz CT molecular complexity index is 152. The summed E-state index contributed by atoms with van der Waals surface area (Å²) in [7, 11) is 0. The average Bonchev–Trinajstić information content (AvgIpc) is 1.86. The van der Waals surface area contributed by atoms with Crippen LogP contribution in [0.3, 0.4) is 0 Å². The van der Waals surface area contributed by atoms with Gasteiger partial charge in [-0.3, -0.25) is 10.8 Å². The summed E-state index contributed by atoms with van der Waals surface area (Å²) in [5.74, 6) is 0.686. The number of hydrogen-bond acceptors (Lipinski definition) is 3. The van der Waals surface area contributed by atoms with Crippen molar-refractivity contribution in [2.45, 2.75) is 6.42 Å². The number of rotatable bonds is 3. The highest BCUT2D eigenvalue weighted by Gasteiger charge is 1.96. The van der Waals surface area contributed by atoms with Crippen LogP contribution < -0.4 is 11.1 Å². The second kappa shape index (κ2) is 9.34. The Morgan fingerprint density at radius 3 is 2.50 bits per heavy atom. The van der Waals surface area contributed by atoms with Crippen LogP contribution in [0.2, 0.25) is 0 Å². The average molecular weight is 320 g/mol. The first kappa shape index (κ1) is 14.8. The van der Waals surface area contributed by atoms with Crippen LogP contribution in [0.15, 0.2) is 0 Å². The SMILES string of the molecule is Br.N=C(N)NC(=N)SCCCBr. The molecule has 0 aromatic carbocycles. The number of thioether (sulfide) groups is 1. The molecule has 0 aliphatic carbocycles. The predicted octanol–water partition coefficient (Wildman–Crippen LogP) is 1.50. The van der Waals surface area contributed by atoms with E-state index in [9.17, 15) is 0 Å². The minimum Gasteiger partial charge on any atom is -0.370 e. The number of halogens is 2. The van der Waals surface area contributed by atoms with Crippen molar-refractivity contribution < 1.29 is 0 Å². The number of nitrogens with one attached hydrogen (secondary N) is 3. The van der Waals surface area contributed by atoms with Crippen LogP contribution in [-0.4, -0.2) is 22.2 Å². The normalized spacial score (nSPS) is 8.42. The van der Waals surface area contributed by atoms with Crippen molar-refractivity contribution in [3.05, 3.63) is 0 Å². The number of guanidine groups is 1. The molecule has 12 heavy (non-hydrogen) atoms. The van der Waals surface area contributed by atoms with Crippen molar-refractivity contribution in [3.63, 3.8) is 0 Å². The molecule has 0 atom stereocenters. The zero-order valence-electron chi connectivity index (χ0n) is 6.39. The number of hydrogen-bond donors (Lipinski definition) is 4. The van der Waals surface area contributed by atoms with E-state index in [4.69, 9.17) is 16.6 Å². The zero-order chi connectivity index (χ0) is 8.69. The van der Waals surface area contributed by atoms with E-state index >= 15 is 0 Å². The standard InChI is InChI=1S/C5H11BrN4S.BrH/c6-2-1-3-11-5(9)10-4(7)8;/h1-3H2,(H5,7,8,9,10);1H. The van der Waals surface area contributed by atoms with E-state index in [1.54, 1.807) is 0 Å². The maximum absolute atomic E-state index is 7.21. The minimum atomic E-state index is -0.179. The lowest BCUT2D eigenvalue weighted by Gasteiger charge is -2.02. The van der Waals surface area contributed by atoms with Crippen molar-refractivity contribution >= 4 is 55.8 Å². The van der Waals surface area contributed by atoms with Gasteiger partial charge in [-0.1, -0.05) is 27.7 Å². The lowest BCUT2D eigenvalue weighted by atomic mass is 10.6. The van der Waals surface area contributed by atoms with Gasteiger partial charge in [0.1, 0.15) is 0 Å². The molecule has 0 unspecified atom stereocenters. The molecule has 0 radical (unpaired) electrons. The van der Waals surface area contributed by atoms with Gasteiger partial charge in [-0.2, -0.15) is 0 Å². The van der Waals surface area contributed by atoms with E-state index in [1.165, 1.54) is 11.8 Å². The lowest BCUT2D eigenvalue weighted by Crippen LogP contribution is -2.33. The van der Waals surface area contributed by atoms with Gasteiger partial charge in [0, 0.05) is 11.1 Å². The van der Waals surface area contributed by atoms with Crippen LogP contribution in [0.25, 0.3) is 0 Å². The first-order valence-electron chi connectivity index (χ1n) is 3.05. The zero-order valence-corrected chi connectivity index (χ0v) is 10.5. The predicted molar refractivity (Wildman–Crippen MR) is 64.0 cm³/mol. The Morgan fingerprint density at radius 2 is 2.08 bits per heavy atom. The molecule has 0 spiro atoms. The molecule has 0 aromatic rings. The number of amidine groups is 1. The molecule has 5 N–H and O–H groups in total. The van der Waals surface area contributed by atoms with E-state index in [-0.39, 0.29) is 28.1 Å². The highest BCUT2D eigenvalue weighted by atomic mass is 79.9. The molecule has 0 amide bonds. The molecule has 0 aliphatic heterocycles. The van der Waals surface area contributed by atoms with E-state index in [0.717, 1.165) is 17.5 Å².